The summed E-state index contributed by atoms with van der Waals surface area (Å²) in [4.78, 5) is 0. The smallest absolute Gasteiger partial charge is 0.166 e. The number of anilines is 1. The van der Waals surface area contributed by atoms with Crippen molar-refractivity contribution < 1.29 is 0 Å². The molecule has 1 aromatic heterocycles. The van der Waals surface area contributed by atoms with E-state index in [0.29, 0.717) is 11.4 Å². The Morgan fingerprint density at radius 2 is 2.15 bits per heavy atom. The first-order chi connectivity index (χ1) is 9.63. The second-order valence-corrected chi connectivity index (χ2v) is 7.11. The topological polar surface area (TPSA) is 61.6 Å². The van der Waals surface area contributed by atoms with Crippen LogP contribution in [0.5, 0.6) is 0 Å². The maximum Gasteiger partial charge on any atom is 0.166 e. The number of rotatable bonds is 5. The predicted octanol–water partition coefficient (Wildman–Crippen LogP) is 3.17. The van der Waals surface area contributed by atoms with Gasteiger partial charge in [-0.15, -0.1) is 5.10 Å². The van der Waals surface area contributed by atoms with E-state index in [9.17, 15) is 5.26 Å². The highest BCUT2D eigenvalue weighted by Crippen LogP contribution is 2.37. The molecule has 1 saturated heterocycles. The number of nitriles is 1. The van der Waals surface area contributed by atoms with Crippen LogP contribution < -0.4 is 5.32 Å². The molecule has 1 N–H and O–H groups in total. The van der Waals surface area contributed by atoms with Gasteiger partial charge in [-0.2, -0.15) is 22.1 Å². The third-order valence-corrected chi connectivity index (χ3v) is 5.43. The van der Waals surface area contributed by atoms with Crippen LogP contribution in [0.25, 0.3) is 0 Å². The Labute approximate surface area is 125 Å². The molecule has 0 amide bonds. The molecule has 0 bridgehead atoms. The zero-order valence-electron chi connectivity index (χ0n) is 12.5. The van der Waals surface area contributed by atoms with Crippen LogP contribution >= 0.6 is 11.8 Å². The minimum absolute atomic E-state index is 0.254. The first-order valence-electron chi connectivity index (χ1n) is 7.30. The second-order valence-electron chi connectivity index (χ2n) is 5.42. The average Bonchev–Trinajstić information content (AvgIpc) is 2.91. The summed E-state index contributed by atoms with van der Waals surface area (Å²) in [6.45, 7) is 7.23. The Morgan fingerprint density at radius 1 is 1.35 bits per heavy atom. The lowest BCUT2D eigenvalue weighted by atomic mass is 10.0. The molecule has 1 unspecified atom stereocenters. The normalized spacial score (nSPS) is 21.7. The molecule has 1 fully saturated rings. The second kappa shape index (κ2) is 6.45. The van der Waals surface area contributed by atoms with E-state index >= 15 is 0 Å². The monoisotopic (exact) mass is 290 g/mol. The quantitative estimate of drug-likeness (QED) is 0.902. The third kappa shape index (κ3) is 3.06. The standard InChI is InChI=1S/C15H22N4S/c1-4-11-12(9-16)14(19-18-13(11)5-2)17-10-15(3)7-6-8-20-15/h4-8,10H2,1-3H3,(H,17,19). The molecule has 0 saturated carbocycles. The summed E-state index contributed by atoms with van der Waals surface area (Å²) < 4.78 is 0.254. The Kier molecular flexibility index (Phi) is 4.87. The SMILES string of the molecule is CCc1nnc(NCC2(C)CCCS2)c(C#N)c1CC. The first kappa shape index (κ1) is 15.1. The number of nitrogens with zero attached hydrogens (tertiary/aromatic N) is 3. The first-order valence-corrected chi connectivity index (χ1v) is 8.28. The van der Waals surface area contributed by atoms with E-state index in [1.807, 2.05) is 18.7 Å². The van der Waals surface area contributed by atoms with Gasteiger partial charge in [0.05, 0.1) is 5.69 Å². The zero-order chi connectivity index (χ0) is 14.6. The lowest BCUT2D eigenvalue weighted by Gasteiger charge is -2.23. The minimum atomic E-state index is 0.254. The molecule has 4 nitrogen and oxygen atoms in total. The molecule has 0 radical (unpaired) electrons. The fourth-order valence-corrected chi connectivity index (χ4v) is 3.91. The van der Waals surface area contributed by atoms with Gasteiger partial charge in [-0.05, 0) is 43.9 Å². The van der Waals surface area contributed by atoms with Gasteiger partial charge in [0.1, 0.15) is 11.6 Å². The van der Waals surface area contributed by atoms with Crippen molar-refractivity contribution in [1.82, 2.24) is 10.2 Å². The lowest BCUT2D eigenvalue weighted by Crippen LogP contribution is -2.28. The molecule has 5 heteroatoms. The highest BCUT2D eigenvalue weighted by Gasteiger charge is 2.29. The van der Waals surface area contributed by atoms with Crippen LogP contribution in [-0.4, -0.2) is 27.2 Å². The third-order valence-electron chi connectivity index (χ3n) is 3.89. The molecular weight excluding hydrogens is 268 g/mol. The number of hydrogen-bond acceptors (Lipinski definition) is 5. The van der Waals surface area contributed by atoms with Gasteiger partial charge in [0, 0.05) is 11.3 Å². The summed E-state index contributed by atoms with van der Waals surface area (Å²) in [5, 5.41) is 21.3. The fourth-order valence-electron chi connectivity index (χ4n) is 2.66. The van der Waals surface area contributed by atoms with Crippen molar-refractivity contribution >= 4 is 17.6 Å². The molecular formula is C15H22N4S. The number of hydrogen-bond donors (Lipinski definition) is 1. The molecule has 1 atom stereocenters. The van der Waals surface area contributed by atoms with Crippen molar-refractivity contribution in [3.05, 3.63) is 16.8 Å². The zero-order valence-corrected chi connectivity index (χ0v) is 13.3. The maximum atomic E-state index is 9.44. The van der Waals surface area contributed by atoms with E-state index in [4.69, 9.17) is 0 Å². The molecule has 20 heavy (non-hydrogen) atoms. The minimum Gasteiger partial charge on any atom is -0.366 e. The van der Waals surface area contributed by atoms with Crippen molar-refractivity contribution in [2.75, 3.05) is 17.6 Å². The van der Waals surface area contributed by atoms with Gasteiger partial charge in [0.2, 0.25) is 0 Å². The summed E-state index contributed by atoms with van der Waals surface area (Å²) in [6.07, 6.45) is 4.13. The molecule has 2 rings (SSSR count). The predicted molar refractivity (Wildman–Crippen MR) is 84.1 cm³/mol. The van der Waals surface area contributed by atoms with Crippen LogP contribution in [-0.2, 0) is 12.8 Å². The van der Waals surface area contributed by atoms with Crippen LogP contribution in [0.3, 0.4) is 0 Å². The van der Waals surface area contributed by atoms with Gasteiger partial charge in [-0.3, -0.25) is 0 Å². The van der Waals surface area contributed by atoms with Crippen LogP contribution in [0.2, 0.25) is 0 Å². The Morgan fingerprint density at radius 3 is 2.70 bits per heavy atom. The summed E-state index contributed by atoms with van der Waals surface area (Å²) in [6, 6.07) is 2.31. The van der Waals surface area contributed by atoms with Crippen molar-refractivity contribution in [2.24, 2.45) is 0 Å². The highest BCUT2D eigenvalue weighted by atomic mass is 32.2. The largest absolute Gasteiger partial charge is 0.366 e. The van der Waals surface area contributed by atoms with Gasteiger partial charge in [0.25, 0.3) is 0 Å². The molecule has 1 aliphatic heterocycles. The van der Waals surface area contributed by atoms with Crippen molar-refractivity contribution in [3.63, 3.8) is 0 Å². The summed E-state index contributed by atoms with van der Waals surface area (Å²) in [7, 11) is 0. The van der Waals surface area contributed by atoms with Crippen LogP contribution in [0.4, 0.5) is 5.82 Å². The maximum absolute atomic E-state index is 9.44. The van der Waals surface area contributed by atoms with E-state index in [-0.39, 0.29) is 4.75 Å². The molecule has 0 spiro atoms. The number of thioether (sulfide) groups is 1. The van der Waals surface area contributed by atoms with Gasteiger partial charge in [0.15, 0.2) is 5.82 Å². The molecule has 0 aromatic carbocycles. The van der Waals surface area contributed by atoms with E-state index in [1.165, 1.54) is 18.6 Å². The molecule has 0 aliphatic carbocycles. The summed E-state index contributed by atoms with van der Waals surface area (Å²) in [5.74, 6) is 1.87. The van der Waals surface area contributed by atoms with E-state index < -0.39 is 0 Å². The Hall–Kier alpha value is -1.28. The van der Waals surface area contributed by atoms with Crippen LogP contribution in [0.15, 0.2) is 0 Å². The molecule has 1 aromatic rings. The van der Waals surface area contributed by atoms with Crippen molar-refractivity contribution in [1.29, 1.82) is 5.26 Å². The number of aryl methyl sites for hydroxylation is 1. The molecule has 1 aliphatic rings. The van der Waals surface area contributed by atoms with Gasteiger partial charge in [-0.1, -0.05) is 13.8 Å². The van der Waals surface area contributed by atoms with Crippen molar-refractivity contribution in [3.8, 4) is 6.07 Å². The molecule has 2 heterocycles. The van der Waals surface area contributed by atoms with Crippen LogP contribution in [0, 0.1) is 11.3 Å². The average molecular weight is 290 g/mol. The highest BCUT2D eigenvalue weighted by molar-refractivity contribution is 8.00. The number of nitrogens with one attached hydrogen (secondary N) is 1. The van der Waals surface area contributed by atoms with Gasteiger partial charge in [-0.25, -0.2) is 0 Å². The summed E-state index contributed by atoms with van der Waals surface area (Å²) >= 11 is 2.00. The summed E-state index contributed by atoms with van der Waals surface area (Å²) in [5.41, 5.74) is 2.65. The Bertz CT molecular complexity index is 515. The van der Waals surface area contributed by atoms with Crippen molar-refractivity contribution in [2.45, 2.75) is 51.2 Å². The fraction of sp³-hybridized carbons (Fsp3) is 0.667. The van der Waals surface area contributed by atoms with E-state index in [2.05, 4.69) is 35.4 Å². The number of aromatic nitrogens is 2. The van der Waals surface area contributed by atoms with Gasteiger partial charge >= 0.3 is 0 Å². The van der Waals surface area contributed by atoms with Crippen LogP contribution in [0.1, 0.15) is 50.4 Å². The van der Waals surface area contributed by atoms with Gasteiger partial charge < -0.3 is 5.32 Å². The van der Waals surface area contributed by atoms with E-state index in [1.54, 1.807) is 0 Å². The van der Waals surface area contributed by atoms with E-state index in [0.717, 1.165) is 30.6 Å². The Balaban J connectivity index is 2.21. The lowest BCUT2D eigenvalue weighted by molar-refractivity contribution is 0.632. The molecule has 108 valence electrons.